The van der Waals surface area contributed by atoms with Crippen LogP contribution in [0.4, 0.5) is 13.2 Å². The first-order valence-corrected chi connectivity index (χ1v) is 15.4. The van der Waals surface area contributed by atoms with Crippen LogP contribution in [0, 0.1) is 52.3 Å². The lowest BCUT2D eigenvalue weighted by Crippen LogP contribution is -2.59. The Labute approximate surface area is 217 Å². The average molecular weight is 513 g/mol. The van der Waals surface area contributed by atoms with Crippen LogP contribution in [0.2, 0.25) is 0 Å². The standard InChI is InChI=1S/C31H51F3O2/c1-20(9-14-27(35)21-7-5-4-6-8-21)24-12-13-25-23-11-10-22-19-30(36,31(32,33)34)18-17-28(22,2)26(23)15-16-29(24,25)3/h20-27,35-36H,4-19H2,1-3H3/t20-,22?,23?,24-,25+,26+,27?,28+,29-,30+/m1/s1. The molecule has 3 unspecified atom stereocenters. The third-order valence-electron chi connectivity index (χ3n) is 13.1. The molecule has 0 heterocycles. The summed E-state index contributed by atoms with van der Waals surface area (Å²) in [5, 5.41) is 21.3. The van der Waals surface area contributed by atoms with Crippen molar-refractivity contribution in [2.24, 2.45) is 52.3 Å². The average Bonchev–Trinajstić information content (AvgIpc) is 3.20. The second-order valence-electron chi connectivity index (χ2n) is 14.6. The second-order valence-corrected chi connectivity index (χ2v) is 14.6. The summed E-state index contributed by atoms with van der Waals surface area (Å²) in [4.78, 5) is 0. The molecule has 0 aromatic carbocycles. The minimum Gasteiger partial charge on any atom is -0.393 e. The van der Waals surface area contributed by atoms with E-state index in [0.29, 0.717) is 47.3 Å². The van der Waals surface area contributed by atoms with Gasteiger partial charge in [0, 0.05) is 0 Å². The van der Waals surface area contributed by atoms with E-state index < -0.39 is 11.8 Å². The van der Waals surface area contributed by atoms with Gasteiger partial charge in [0.2, 0.25) is 0 Å². The summed E-state index contributed by atoms with van der Waals surface area (Å²) >= 11 is 0. The number of rotatable bonds is 5. The van der Waals surface area contributed by atoms with Crippen molar-refractivity contribution in [2.45, 2.75) is 141 Å². The van der Waals surface area contributed by atoms with Gasteiger partial charge in [0.25, 0.3) is 0 Å². The number of hydrogen-bond acceptors (Lipinski definition) is 2. The molecule has 0 bridgehead atoms. The van der Waals surface area contributed by atoms with Crippen molar-refractivity contribution in [3.05, 3.63) is 0 Å². The van der Waals surface area contributed by atoms with E-state index in [9.17, 15) is 23.4 Å². The van der Waals surface area contributed by atoms with Crippen molar-refractivity contribution in [3.63, 3.8) is 0 Å². The van der Waals surface area contributed by atoms with Gasteiger partial charge in [-0.2, -0.15) is 13.2 Å². The minimum atomic E-state index is -4.52. The van der Waals surface area contributed by atoms with Crippen LogP contribution in [-0.2, 0) is 0 Å². The van der Waals surface area contributed by atoms with E-state index in [1.165, 1.54) is 51.4 Å². The summed E-state index contributed by atoms with van der Waals surface area (Å²) in [6.07, 6.45) is 10.7. The van der Waals surface area contributed by atoms with E-state index in [1.807, 2.05) is 0 Å². The van der Waals surface area contributed by atoms with Gasteiger partial charge in [-0.1, -0.05) is 40.0 Å². The van der Waals surface area contributed by atoms with Gasteiger partial charge in [0.15, 0.2) is 5.60 Å². The number of fused-ring (bicyclic) bond motifs is 5. The Morgan fingerprint density at radius 3 is 2.19 bits per heavy atom. The molecule has 0 amide bonds. The molecule has 10 atom stereocenters. The highest BCUT2D eigenvalue weighted by Gasteiger charge is 2.65. The number of hydrogen-bond donors (Lipinski definition) is 2. The van der Waals surface area contributed by atoms with Crippen LogP contribution < -0.4 is 0 Å². The Bertz CT molecular complexity index is 778. The van der Waals surface area contributed by atoms with Gasteiger partial charge in [-0.25, -0.2) is 0 Å². The molecule has 0 saturated heterocycles. The van der Waals surface area contributed by atoms with Gasteiger partial charge >= 0.3 is 6.18 Å². The van der Waals surface area contributed by atoms with Crippen molar-refractivity contribution < 1.29 is 23.4 Å². The summed E-state index contributed by atoms with van der Waals surface area (Å²) in [5.74, 6) is 3.65. The molecule has 2 nitrogen and oxygen atoms in total. The quantitative estimate of drug-likeness (QED) is 0.389. The number of alkyl halides is 3. The molecule has 0 spiro atoms. The van der Waals surface area contributed by atoms with Gasteiger partial charge in [0.05, 0.1) is 6.10 Å². The third kappa shape index (κ3) is 4.48. The number of halogens is 3. The van der Waals surface area contributed by atoms with Crippen molar-refractivity contribution in [3.8, 4) is 0 Å². The fourth-order valence-electron chi connectivity index (χ4n) is 10.9. The van der Waals surface area contributed by atoms with Crippen molar-refractivity contribution in [1.29, 1.82) is 0 Å². The minimum absolute atomic E-state index is 0.0131. The monoisotopic (exact) mass is 512 g/mol. The van der Waals surface area contributed by atoms with Crippen LogP contribution in [-0.4, -0.2) is 28.1 Å². The van der Waals surface area contributed by atoms with Crippen LogP contribution in [0.1, 0.15) is 124 Å². The SMILES string of the molecule is C[C@H](CCC(O)C1CCCCC1)[C@H]1CC[C@H]2C3CCC4C[C@](O)(C(F)(F)F)CC[C@]4(C)[C@H]3CC[C@]12C. The summed E-state index contributed by atoms with van der Waals surface area (Å²) in [5.41, 5.74) is -2.21. The van der Waals surface area contributed by atoms with Crippen molar-refractivity contribution >= 4 is 0 Å². The van der Waals surface area contributed by atoms with E-state index in [1.54, 1.807) is 0 Å². The molecular weight excluding hydrogens is 461 g/mol. The summed E-state index contributed by atoms with van der Waals surface area (Å²) in [6.45, 7) is 7.24. The second kappa shape index (κ2) is 9.72. The van der Waals surface area contributed by atoms with Gasteiger partial charge in [-0.05, 0) is 136 Å². The first kappa shape index (κ1) is 27.3. The Morgan fingerprint density at radius 2 is 1.50 bits per heavy atom. The van der Waals surface area contributed by atoms with E-state index in [4.69, 9.17) is 0 Å². The molecule has 208 valence electrons. The molecule has 5 heteroatoms. The van der Waals surface area contributed by atoms with Crippen LogP contribution in [0.15, 0.2) is 0 Å². The van der Waals surface area contributed by atoms with Crippen LogP contribution in [0.25, 0.3) is 0 Å². The van der Waals surface area contributed by atoms with Gasteiger partial charge in [0.1, 0.15) is 0 Å². The largest absolute Gasteiger partial charge is 0.417 e. The zero-order valence-corrected chi connectivity index (χ0v) is 23.0. The van der Waals surface area contributed by atoms with Gasteiger partial charge < -0.3 is 10.2 Å². The van der Waals surface area contributed by atoms with E-state index >= 15 is 0 Å². The molecule has 0 aliphatic heterocycles. The van der Waals surface area contributed by atoms with E-state index in [2.05, 4.69) is 20.8 Å². The van der Waals surface area contributed by atoms with Crippen molar-refractivity contribution in [2.75, 3.05) is 0 Å². The highest BCUT2D eigenvalue weighted by atomic mass is 19.4. The highest BCUT2D eigenvalue weighted by Crippen LogP contribution is 2.69. The Morgan fingerprint density at radius 1 is 0.806 bits per heavy atom. The van der Waals surface area contributed by atoms with E-state index in [0.717, 1.165) is 32.1 Å². The predicted molar refractivity (Wildman–Crippen MR) is 137 cm³/mol. The summed E-state index contributed by atoms with van der Waals surface area (Å²) in [6, 6.07) is 0. The molecule has 0 aromatic rings. The molecule has 5 aliphatic carbocycles. The van der Waals surface area contributed by atoms with Crippen LogP contribution in [0.5, 0.6) is 0 Å². The van der Waals surface area contributed by atoms with Crippen LogP contribution in [0.3, 0.4) is 0 Å². The lowest BCUT2D eigenvalue weighted by molar-refractivity contribution is -0.290. The molecular formula is C31H51F3O2. The fraction of sp³-hybridized carbons (Fsp3) is 1.00. The highest BCUT2D eigenvalue weighted by molar-refractivity contribution is 5.11. The number of aliphatic hydroxyl groups excluding tert-OH is 1. The first-order chi connectivity index (χ1) is 16.9. The first-order valence-electron chi connectivity index (χ1n) is 15.4. The Kier molecular flexibility index (Phi) is 7.36. The smallest absolute Gasteiger partial charge is 0.393 e. The van der Waals surface area contributed by atoms with E-state index in [-0.39, 0.29) is 30.3 Å². The predicted octanol–water partition coefficient (Wildman–Crippen LogP) is 8.30. The van der Waals surface area contributed by atoms with Crippen LogP contribution >= 0.6 is 0 Å². The normalized spacial score (nSPS) is 47.5. The maximum absolute atomic E-state index is 13.6. The molecule has 5 rings (SSSR count). The summed E-state index contributed by atoms with van der Waals surface area (Å²) in [7, 11) is 0. The van der Waals surface area contributed by atoms with Crippen molar-refractivity contribution in [1.82, 2.24) is 0 Å². The zero-order valence-electron chi connectivity index (χ0n) is 23.0. The molecule has 5 aliphatic rings. The Balaban J connectivity index is 1.23. The zero-order chi connectivity index (χ0) is 25.9. The van der Waals surface area contributed by atoms with Gasteiger partial charge in [-0.3, -0.25) is 0 Å². The molecule has 0 aromatic heterocycles. The molecule has 0 radical (unpaired) electrons. The fourth-order valence-corrected chi connectivity index (χ4v) is 10.9. The maximum Gasteiger partial charge on any atom is 0.417 e. The third-order valence-corrected chi connectivity index (χ3v) is 13.1. The molecule has 5 fully saturated rings. The molecule has 36 heavy (non-hydrogen) atoms. The Hall–Kier alpha value is -0.290. The topological polar surface area (TPSA) is 40.5 Å². The molecule has 2 N–H and O–H groups in total. The summed E-state index contributed by atoms with van der Waals surface area (Å²) < 4.78 is 40.9. The lowest BCUT2D eigenvalue weighted by Gasteiger charge is -2.62. The number of aliphatic hydroxyl groups is 2. The maximum atomic E-state index is 13.6. The lowest BCUT2D eigenvalue weighted by atomic mass is 9.43. The molecule has 5 saturated carbocycles. The van der Waals surface area contributed by atoms with Gasteiger partial charge in [-0.15, -0.1) is 0 Å².